The van der Waals surface area contributed by atoms with Crippen molar-refractivity contribution in [1.82, 2.24) is 10.4 Å². The molecule has 0 aliphatic carbocycles. The van der Waals surface area contributed by atoms with E-state index in [-0.39, 0.29) is 0 Å². The summed E-state index contributed by atoms with van der Waals surface area (Å²) in [6.07, 6.45) is 6.69. The first-order valence-corrected chi connectivity index (χ1v) is 6.01. The van der Waals surface area contributed by atoms with Gasteiger partial charge in [-0.2, -0.15) is 0 Å². The molecule has 0 aromatic rings. The maximum Gasteiger partial charge on any atom is 0.0506 e. The van der Waals surface area contributed by atoms with Gasteiger partial charge in [0.1, 0.15) is 0 Å². The SMILES string of the molecule is C1CCN(NCC2CCCOC2)CC1. The molecule has 0 saturated carbocycles. The minimum atomic E-state index is 0.741. The van der Waals surface area contributed by atoms with E-state index < -0.39 is 0 Å². The highest BCUT2D eigenvalue weighted by Crippen LogP contribution is 2.13. The molecule has 3 nitrogen and oxygen atoms in total. The first kappa shape index (κ1) is 10.4. The van der Waals surface area contributed by atoms with E-state index >= 15 is 0 Å². The van der Waals surface area contributed by atoms with Crippen LogP contribution in [0.3, 0.4) is 0 Å². The summed E-state index contributed by atoms with van der Waals surface area (Å²) < 4.78 is 5.46. The Hall–Kier alpha value is -0.120. The lowest BCUT2D eigenvalue weighted by molar-refractivity contribution is 0.0411. The van der Waals surface area contributed by atoms with Crippen LogP contribution in [0.25, 0.3) is 0 Å². The van der Waals surface area contributed by atoms with Gasteiger partial charge in [0.2, 0.25) is 0 Å². The van der Waals surface area contributed by atoms with E-state index in [2.05, 4.69) is 10.4 Å². The lowest BCUT2D eigenvalue weighted by Crippen LogP contribution is -2.44. The molecule has 0 radical (unpaired) electrons. The number of nitrogens with zero attached hydrogens (tertiary/aromatic N) is 1. The highest BCUT2D eigenvalue weighted by molar-refractivity contribution is 4.67. The van der Waals surface area contributed by atoms with Crippen molar-refractivity contribution >= 4 is 0 Å². The Morgan fingerprint density at radius 2 is 2.00 bits per heavy atom. The van der Waals surface area contributed by atoms with Crippen LogP contribution in [0.15, 0.2) is 0 Å². The average Bonchev–Trinajstić information content (AvgIpc) is 2.29. The van der Waals surface area contributed by atoms with Gasteiger partial charge in [-0.3, -0.25) is 5.43 Å². The topological polar surface area (TPSA) is 24.5 Å². The summed E-state index contributed by atoms with van der Waals surface area (Å²) in [6.45, 7) is 5.50. The maximum atomic E-state index is 5.46. The molecule has 2 fully saturated rings. The number of piperidine rings is 1. The Bertz CT molecular complexity index is 133. The van der Waals surface area contributed by atoms with Crippen molar-refractivity contribution < 1.29 is 4.74 Å². The first-order chi connectivity index (χ1) is 6.95. The van der Waals surface area contributed by atoms with Gasteiger partial charge in [-0.15, -0.1) is 0 Å². The van der Waals surface area contributed by atoms with Crippen LogP contribution < -0.4 is 5.43 Å². The van der Waals surface area contributed by atoms with E-state index in [1.54, 1.807) is 0 Å². The van der Waals surface area contributed by atoms with Crippen molar-refractivity contribution in [2.45, 2.75) is 32.1 Å². The molecule has 2 aliphatic heterocycles. The Kier molecular flexibility index (Phi) is 4.22. The molecule has 2 saturated heterocycles. The van der Waals surface area contributed by atoms with Crippen molar-refractivity contribution in [3.05, 3.63) is 0 Å². The number of ether oxygens (including phenoxy) is 1. The molecule has 2 heterocycles. The van der Waals surface area contributed by atoms with Crippen LogP contribution in [0, 0.1) is 5.92 Å². The largest absolute Gasteiger partial charge is 0.381 e. The van der Waals surface area contributed by atoms with Crippen molar-refractivity contribution in [3.63, 3.8) is 0 Å². The number of hydrogen-bond acceptors (Lipinski definition) is 3. The van der Waals surface area contributed by atoms with E-state index in [1.807, 2.05) is 0 Å². The number of rotatable bonds is 3. The second kappa shape index (κ2) is 5.69. The summed E-state index contributed by atoms with van der Waals surface area (Å²) >= 11 is 0. The molecule has 14 heavy (non-hydrogen) atoms. The Morgan fingerprint density at radius 1 is 1.14 bits per heavy atom. The van der Waals surface area contributed by atoms with Crippen LogP contribution in [0.5, 0.6) is 0 Å². The van der Waals surface area contributed by atoms with Crippen molar-refractivity contribution in [3.8, 4) is 0 Å². The third-order valence-corrected chi connectivity index (χ3v) is 3.21. The van der Waals surface area contributed by atoms with Gasteiger partial charge in [-0.25, -0.2) is 5.01 Å². The predicted octanol–water partition coefficient (Wildman–Crippen LogP) is 1.40. The van der Waals surface area contributed by atoms with E-state index in [0.717, 1.165) is 25.7 Å². The van der Waals surface area contributed by atoms with Crippen molar-refractivity contribution in [2.24, 2.45) is 5.92 Å². The Balaban J connectivity index is 1.60. The van der Waals surface area contributed by atoms with Gasteiger partial charge < -0.3 is 4.74 Å². The molecule has 0 bridgehead atoms. The van der Waals surface area contributed by atoms with Gasteiger partial charge >= 0.3 is 0 Å². The molecule has 1 unspecified atom stereocenters. The van der Waals surface area contributed by atoms with Crippen molar-refractivity contribution in [1.29, 1.82) is 0 Å². The number of hydrogen-bond donors (Lipinski definition) is 1. The average molecular weight is 198 g/mol. The zero-order valence-corrected chi connectivity index (χ0v) is 9.00. The molecule has 0 spiro atoms. The molecule has 1 atom stereocenters. The summed E-state index contributed by atoms with van der Waals surface area (Å²) in [7, 11) is 0. The Morgan fingerprint density at radius 3 is 2.71 bits per heavy atom. The molecule has 0 amide bonds. The fourth-order valence-corrected chi connectivity index (χ4v) is 2.28. The third-order valence-electron chi connectivity index (χ3n) is 3.21. The molecule has 2 rings (SSSR count). The van der Waals surface area contributed by atoms with Crippen LogP contribution in [0.1, 0.15) is 32.1 Å². The normalized spacial score (nSPS) is 30.4. The number of nitrogens with one attached hydrogen (secondary N) is 1. The lowest BCUT2D eigenvalue weighted by atomic mass is 10.0. The molecular formula is C11H22N2O. The summed E-state index contributed by atoms with van der Waals surface area (Å²) in [6, 6.07) is 0. The smallest absolute Gasteiger partial charge is 0.0506 e. The standard InChI is InChI=1S/C11H22N2O/c1-2-6-13(7-3-1)12-9-11-5-4-8-14-10-11/h11-12H,1-10H2. The van der Waals surface area contributed by atoms with E-state index in [9.17, 15) is 0 Å². The quantitative estimate of drug-likeness (QED) is 0.742. The van der Waals surface area contributed by atoms with E-state index in [0.29, 0.717) is 0 Å². The minimum Gasteiger partial charge on any atom is -0.381 e. The molecule has 0 aromatic carbocycles. The molecule has 0 aromatic heterocycles. The molecule has 1 N–H and O–H groups in total. The van der Waals surface area contributed by atoms with Gasteiger partial charge in [0.15, 0.2) is 0 Å². The van der Waals surface area contributed by atoms with Crippen LogP contribution in [0.2, 0.25) is 0 Å². The van der Waals surface area contributed by atoms with E-state index in [4.69, 9.17) is 4.74 Å². The zero-order valence-electron chi connectivity index (χ0n) is 9.00. The summed E-state index contributed by atoms with van der Waals surface area (Å²) in [5, 5.41) is 2.39. The molecule has 3 heteroatoms. The van der Waals surface area contributed by atoms with Gasteiger partial charge in [-0.1, -0.05) is 6.42 Å². The fraction of sp³-hybridized carbons (Fsp3) is 1.00. The van der Waals surface area contributed by atoms with Crippen LogP contribution >= 0.6 is 0 Å². The highest BCUT2D eigenvalue weighted by Gasteiger charge is 2.15. The van der Waals surface area contributed by atoms with Gasteiger partial charge in [0.25, 0.3) is 0 Å². The Labute approximate surface area is 86.8 Å². The molecule has 82 valence electrons. The van der Waals surface area contributed by atoms with E-state index in [1.165, 1.54) is 45.2 Å². The van der Waals surface area contributed by atoms with Gasteiger partial charge in [-0.05, 0) is 31.6 Å². The predicted molar refractivity (Wildman–Crippen MR) is 57.0 cm³/mol. The monoisotopic (exact) mass is 198 g/mol. The minimum absolute atomic E-state index is 0.741. The van der Waals surface area contributed by atoms with Crippen LogP contribution in [-0.4, -0.2) is 37.9 Å². The molecular weight excluding hydrogens is 176 g/mol. The van der Waals surface area contributed by atoms with Gasteiger partial charge in [0, 0.05) is 26.2 Å². The summed E-state index contributed by atoms with van der Waals surface area (Å²) in [4.78, 5) is 0. The highest BCUT2D eigenvalue weighted by atomic mass is 16.5. The summed E-state index contributed by atoms with van der Waals surface area (Å²) in [5.41, 5.74) is 3.54. The second-order valence-corrected chi connectivity index (χ2v) is 4.49. The van der Waals surface area contributed by atoms with Crippen LogP contribution in [0.4, 0.5) is 0 Å². The summed E-state index contributed by atoms with van der Waals surface area (Å²) in [5.74, 6) is 0.741. The third kappa shape index (κ3) is 3.23. The first-order valence-electron chi connectivity index (χ1n) is 6.01. The number of hydrazine groups is 1. The van der Waals surface area contributed by atoms with Crippen LogP contribution in [-0.2, 0) is 4.74 Å². The maximum absolute atomic E-state index is 5.46. The fourth-order valence-electron chi connectivity index (χ4n) is 2.28. The van der Waals surface area contributed by atoms with Crippen molar-refractivity contribution in [2.75, 3.05) is 32.8 Å². The zero-order chi connectivity index (χ0) is 9.64. The molecule has 2 aliphatic rings. The second-order valence-electron chi connectivity index (χ2n) is 4.49. The lowest BCUT2D eigenvalue weighted by Gasteiger charge is -2.30. The van der Waals surface area contributed by atoms with Gasteiger partial charge in [0.05, 0.1) is 6.61 Å².